The fourth-order valence-electron chi connectivity index (χ4n) is 1.85. The zero-order valence-electron chi connectivity index (χ0n) is 15.2. The number of esters is 2. The highest BCUT2D eigenvalue weighted by molar-refractivity contribution is 5.99. The molecule has 6 heteroatoms. The predicted octanol–water partition coefficient (Wildman–Crippen LogP) is 3.33. The Morgan fingerprint density at radius 3 is 1.46 bits per heavy atom. The largest absolute Gasteiger partial charge is 0.492 e. The molecule has 1 aromatic carbocycles. The van der Waals surface area contributed by atoms with Crippen molar-refractivity contribution in [3.63, 3.8) is 0 Å². The zero-order chi connectivity index (χ0) is 18.3. The second kappa shape index (κ2) is 9.15. The monoisotopic (exact) mass is 338 g/mol. The SMILES string of the molecule is COC(=O)c1cc(C(=O)OC)c(OCC(C)C)cc1OCC(C)C. The number of ether oxygens (including phenoxy) is 4. The average molecular weight is 338 g/mol. The molecule has 0 saturated carbocycles. The van der Waals surface area contributed by atoms with Crippen molar-refractivity contribution >= 4 is 11.9 Å². The Kier molecular flexibility index (Phi) is 7.55. The molecule has 0 aliphatic carbocycles. The topological polar surface area (TPSA) is 71.1 Å². The maximum Gasteiger partial charge on any atom is 0.341 e. The quantitative estimate of drug-likeness (QED) is 0.677. The Morgan fingerprint density at radius 2 is 1.17 bits per heavy atom. The number of benzene rings is 1. The molecule has 0 bridgehead atoms. The van der Waals surface area contributed by atoms with E-state index in [2.05, 4.69) is 0 Å². The van der Waals surface area contributed by atoms with Gasteiger partial charge in [-0.2, -0.15) is 0 Å². The summed E-state index contributed by atoms with van der Waals surface area (Å²) in [6.07, 6.45) is 0. The van der Waals surface area contributed by atoms with E-state index in [0.717, 1.165) is 0 Å². The highest BCUT2D eigenvalue weighted by atomic mass is 16.5. The highest BCUT2D eigenvalue weighted by Gasteiger charge is 2.23. The molecule has 0 N–H and O–H groups in total. The van der Waals surface area contributed by atoms with Crippen molar-refractivity contribution in [1.82, 2.24) is 0 Å². The summed E-state index contributed by atoms with van der Waals surface area (Å²) >= 11 is 0. The molecule has 1 aromatic rings. The maximum absolute atomic E-state index is 12.0. The van der Waals surface area contributed by atoms with Crippen LogP contribution in [-0.4, -0.2) is 39.4 Å². The summed E-state index contributed by atoms with van der Waals surface area (Å²) in [6, 6.07) is 2.94. The maximum atomic E-state index is 12.0. The molecule has 1 rings (SSSR count). The summed E-state index contributed by atoms with van der Waals surface area (Å²) in [5.41, 5.74) is 0.325. The first-order valence-electron chi connectivity index (χ1n) is 7.90. The second-order valence-electron chi connectivity index (χ2n) is 6.24. The van der Waals surface area contributed by atoms with Crippen molar-refractivity contribution in [2.24, 2.45) is 11.8 Å². The lowest BCUT2D eigenvalue weighted by molar-refractivity contribution is 0.0592. The minimum absolute atomic E-state index is 0.162. The summed E-state index contributed by atoms with van der Waals surface area (Å²) < 4.78 is 21.0. The molecule has 0 aliphatic heterocycles. The van der Waals surface area contributed by atoms with Crippen molar-refractivity contribution in [2.75, 3.05) is 27.4 Å². The molecule has 0 saturated heterocycles. The molecule has 6 nitrogen and oxygen atoms in total. The number of methoxy groups -OCH3 is 2. The molecule has 0 aromatic heterocycles. The normalized spacial score (nSPS) is 10.7. The molecule has 0 amide bonds. The molecule has 0 spiro atoms. The number of carbonyl (C=O) groups is 2. The summed E-state index contributed by atoms with van der Waals surface area (Å²) in [6.45, 7) is 8.83. The van der Waals surface area contributed by atoms with Crippen LogP contribution in [0.2, 0.25) is 0 Å². The fourth-order valence-corrected chi connectivity index (χ4v) is 1.85. The van der Waals surface area contributed by atoms with Crippen LogP contribution in [0.1, 0.15) is 48.4 Å². The standard InChI is InChI=1S/C18H26O6/c1-11(2)9-23-15-8-16(24-10-12(3)4)14(18(20)22-6)7-13(15)17(19)21-5/h7-8,11-12H,9-10H2,1-6H3. The first kappa shape index (κ1) is 19.8. The third kappa shape index (κ3) is 5.44. The molecule has 0 aliphatic rings. The highest BCUT2D eigenvalue weighted by Crippen LogP contribution is 2.31. The van der Waals surface area contributed by atoms with E-state index in [1.54, 1.807) is 6.07 Å². The van der Waals surface area contributed by atoms with Gasteiger partial charge in [0, 0.05) is 6.07 Å². The molecule has 0 atom stereocenters. The van der Waals surface area contributed by atoms with Crippen LogP contribution in [0.5, 0.6) is 11.5 Å². The summed E-state index contributed by atoms with van der Waals surface area (Å²) in [4.78, 5) is 24.0. The summed E-state index contributed by atoms with van der Waals surface area (Å²) in [5, 5.41) is 0. The van der Waals surface area contributed by atoms with Gasteiger partial charge in [-0.05, 0) is 17.9 Å². The van der Waals surface area contributed by atoms with Gasteiger partial charge >= 0.3 is 11.9 Å². The van der Waals surface area contributed by atoms with Gasteiger partial charge in [0.2, 0.25) is 0 Å². The van der Waals surface area contributed by atoms with Gasteiger partial charge in [0.05, 0.1) is 27.4 Å². The molecule has 0 radical (unpaired) electrons. The zero-order valence-corrected chi connectivity index (χ0v) is 15.2. The van der Waals surface area contributed by atoms with Crippen molar-refractivity contribution in [3.05, 3.63) is 23.3 Å². The minimum Gasteiger partial charge on any atom is -0.492 e. The molecule has 0 unspecified atom stereocenters. The Balaban J connectivity index is 3.35. The van der Waals surface area contributed by atoms with E-state index in [1.165, 1.54) is 20.3 Å². The van der Waals surface area contributed by atoms with Gasteiger partial charge in [-0.25, -0.2) is 9.59 Å². The van der Waals surface area contributed by atoms with Gasteiger partial charge in [-0.1, -0.05) is 27.7 Å². The third-order valence-corrected chi connectivity index (χ3v) is 3.04. The summed E-state index contributed by atoms with van der Waals surface area (Å²) in [5.74, 6) is 0.0131. The molecule has 134 valence electrons. The van der Waals surface area contributed by atoms with Crippen LogP contribution in [0, 0.1) is 11.8 Å². The van der Waals surface area contributed by atoms with Crippen LogP contribution in [0.25, 0.3) is 0 Å². The van der Waals surface area contributed by atoms with Crippen LogP contribution in [0.15, 0.2) is 12.1 Å². The Hall–Kier alpha value is -2.24. The van der Waals surface area contributed by atoms with E-state index in [9.17, 15) is 9.59 Å². The van der Waals surface area contributed by atoms with Gasteiger partial charge in [0.1, 0.15) is 22.6 Å². The Labute approximate surface area is 143 Å². The van der Waals surface area contributed by atoms with E-state index in [1.807, 2.05) is 27.7 Å². The van der Waals surface area contributed by atoms with E-state index in [-0.39, 0.29) is 23.0 Å². The lowest BCUT2D eigenvalue weighted by Gasteiger charge is -2.17. The number of hydrogen-bond acceptors (Lipinski definition) is 6. The van der Waals surface area contributed by atoms with Crippen molar-refractivity contribution in [2.45, 2.75) is 27.7 Å². The van der Waals surface area contributed by atoms with Crippen molar-refractivity contribution in [1.29, 1.82) is 0 Å². The average Bonchev–Trinajstić information content (AvgIpc) is 2.56. The number of rotatable bonds is 8. The Morgan fingerprint density at radius 1 is 0.792 bits per heavy atom. The van der Waals surface area contributed by atoms with E-state index >= 15 is 0 Å². The Bertz CT molecular complexity index is 530. The molecule has 0 heterocycles. The van der Waals surface area contributed by atoms with Crippen molar-refractivity contribution in [3.8, 4) is 11.5 Å². The first-order chi connectivity index (χ1) is 11.3. The van der Waals surface area contributed by atoms with Crippen LogP contribution in [0.3, 0.4) is 0 Å². The third-order valence-electron chi connectivity index (χ3n) is 3.04. The van der Waals surface area contributed by atoms with Gasteiger partial charge in [-0.15, -0.1) is 0 Å². The van der Waals surface area contributed by atoms with E-state index < -0.39 is 11.9 Å². The molecule has 0 fully saturated rings. The smallest absolute Gasteiger partial charge is 0.341 e. The van der Waals surface area contributed by atoms with Gasteiger partial charge in [0.15, 0.2) is 0 Å². The van der Waals surface area contributed by atoms with E-state index in [0.29, 0.717) is 24.7 Å². The minimum atomic E-state index is -0.589. The lowest BCUT2D eigenvalue weighted by Crippen LogP contribution is -2.14. The molecular formula is C18H26O6. The van der Waals surface area contributed by atoms with Gasteiger partial charge < -0.3 is 18.9 Å². The van der Waals surface area contributed by atoms with Crippen LogP contribution < -0.4 is 9.47 Å². The van der Waals surface area contributed by atoms with Gasteiger partial charge in [0.25, 0.3) is 0 Å². The van der Waals surface area contributed by atoms with Crippen molar-refractivity contribution < 1.29 is 28.5 Å². The predicted molar refractivity (Wildman–Crippen MR) is 89.8 cm³/mol. The number of carbonyl (C=O) groups excluding carboxylic acids is 2. The fraction of sp³-hybridized carbons (Fsp3) is 0.556. The molecular weight excluding hydrogens is 312 g/mol. The second-order valence-corrected chi connectivity index (χ2v) is 6.24. The molecule has 24 heavy (non-hydrogen) atoms. The van der Waals surface area contributed by atoms with E-state index in [4.69, 9.17) is 18.9 Å². The number of hydrogen-bond donors (Lipinski definition) is 0. The van der Waals surface area contributed by atoms with Gasteiger partial charge in [-0.3, -0.25) is 0 Å². The summed E-state index contributed by atoms with van der Waals surface area (Å²) in [7, 11) is 2.55. The van der Waals surface area contributed by atoms with Crippen LogP contribution >= 0.6 is 0 Å². The lowest BCUT2D eigenvalue weighted by atomic mass is 10.1. The van der Waals surface area contributed by atoms with Crippen LogP contribution in [0.4, 0.5) is 0 Å². The van der Waals surface area contributed by atoms with Crippen LogP contribution in [-0.2, 0) is 9.47 Å². The first-order valence-corrected chi connectivity index (χ1v) is 7.90.